The van der Waals surface area contributed by atoms with E-state index in [0.717, 1.165) is 35.1 Å². The number of hydrogen-bond donors (Lipinski definition) is 1. The topological polar surface area (TPSA) is 64.3 Å². The highest BCUT2D eigenvalue weighted by atomic mass is 15.3. The van der Waals surface area contributed by atoms with Gasteiger partial charge in [-0.2, -0.15) is 5.10 Å². The van der Waals surface area contributed by atoms with Gasteiger partial charge in [-0.1, -0.05) is 30.3 Å². The first kappa shape index (κ1) is 14.5. The van der Waals surface area contributed by atoms with Crippen molar-refractivity contribution in [2.45, 2.75) is 32.4 Å². The van der Waals surface area contributed by atoms with E-state index in [9.17, 15) is 0 Å². The van der Waals surface area contributed by atoms with Crippen molar-refractivity contribution in [3.63, 3.8) is 0 Å². The van der Waals surface area contributed by atoms with Crippen LogP contribution in [0.3, 0.4) is 0 Å². The van der Waals surface area contributed by atoms with Gasteiger partial charge in [0.05, 0.1) is 24.8 Å². The van der Waals surface area contributed by atoms with Crippen molar-refractivity contribution < 1.29 is 0 Å². The van der Waals surface area contributed by atoms with E-state index in [4.69, 9.17) is 4.98 Å². The summed E-state index contributed by atoms with van der Waals surface area (Å²) in [6.07, 6.45) is 8.19. The molecule has 5 rings (SSSR count). The lowest BCUT2D eigenvalue weighted by Crippen LogP contribution is -2.09. The highest BCUT2D eigenvalue weighted by molar-refractivity contribution is 5.75. The molecule has 4 aromatic rings. The second-order valence-electron chi connectivity index (χ2n) is 6.88. The van der Waals surface area contributed by atoms with Crippen LogP contribution < -0.4 is 0 Å². The summed E-state index contributed by atoms with van der Waals surface area (Å²) in [4.78, 5) is 12.6. The number of rotatable bonds is 5. The van der Waals surface area contributed by atoms with E-state index in [2.05, 4.69) is 55.5 Å². The number of aromatic nitrogens is 6. The number of nitrogens with one attached hydrogen (secondary N) is 1. The lowest BCUT2D eigenvalue weighted by molar-refractivity contribution is 0.451. The van der Waals surface area contributed by atoms with Crippen LogP contribution in [0, 0.1) is 5.92 Å². The molecule has 0 radical (unpaired) electrons. The molecule has 1 aliphatic carbocycles. The molecule has 0 amide bonds. The molecular formula is C19H20N6. The summed E-state index contributed by atoms with van der Waals surface area (Å²) in [5, 5.41) is 4.53. The van der Waals surface area contributed by atoms with Crippen LogP contribution >= 0.6 is 0 Å². The first-order chi connectivity index (χ1) is 12.3. The molecule has 1 aliphatic rings. The van der Waals surface area contributed by atoms with E-state index in [-0.39, 0.29) is 0 Å². The first-order valence-electron chi connectivity index (χ1n) is 8.77. The van der Waals surface area contributed by atoms with Gasteiger partial charge in [0, 0.05) is 6.54 Å². The second-order valence-corrected chi connectivity index (χ2v) is 6.88. The normalized spacial score (nSPS) is 15.7. The molecule has 0 saturated heterocycles. The minimum Gasteiger partial charge on any atom is -0.334 e. The summed E-state index contributed by atoms with van der Waals surface area (Å²) in [6.45, 7) is 3.01. The van der Waals surface area contributed by atoms with Crippen LogP contribution in [0.4, 0.5) is 0 Å². The van der Waals surface area contributed by atoms with Crippen molar-refractivity contribution in [3.05, 3.63) is 54.6 Å². The van der Waals surface area contributed by atoms with Gasteiger partial charge in [0.25, 0.3) is 0 Å². The zero-order chi connectivity index (χ0) is 16.8. The van der Waals surface area contributed by atoms with Crippen molar-refractivity contribution in [2.75, 3.05) is 0 Å². The Morgan fingerprint density at radius 3 is 2.84 bits per heavy atom. The van der Waals surface area contributed by atoms with Crippen LogP contribution in [0.2, 0.25) is 0 Å². The maximum absolute atomic E-state index is 4.83. The van der Waals surface area contributed by atoms with Crippen molar-refractivity contribution in [1.29, 1.82) is 0 Å². The van der Waals surface area contributed by atoms with Gasteiger partial charge < -0.3 is 9.55 Å². The minimum atomic E-state index is 0.405. The molecule has 1 saturated carbocycles. The molecule has 6 nitrogen and oxygen atoms in total. The lowest BCUT2D eigenvalue weighted by Gasteiger charge is -2.10. The molecule has 0 aliphatic heterocycles. The summed E-state index contributed by atoms with van der Waals surface area (Å²) in [7, 11) is 0. The van der Waals surface area contributed by atoms with Gasteiger partial charge in [0.2, 0.25) is 0 Å². The van der Waals surface area contributed by atoms with E-state index in [1.165, 1.54) is 18.4 Å². The summed E-state index contributed by atoms with van der Waals surface area (Å²) < 4.78 is 4.18. The monoisotopic (exact) mass is 332 g/mol. The Kier molecular flexibility index (Phi) is 3.23. The third kappa shape index (κ3) is 2.54. The lowest BCUT2D eigenvalue weighted by atomic mass is 10.2. The zero-order valence-corrected chi connectivity index (χ0v) is 14.1. The molecule has 25 heavy (non-hydrogen) atoms. The Balaban J connectivity index is 1.50. The van der Waals surface area contributed by atoms with E-state index >= 15 is 0 Å². The molecule has 1 N–H and O–H groups in total. The number of hydrogen-bond acceptors (Lipinski definition) is 3. The predicted octanol–water partition coefficient (Wildman–Crippen LogP) is 3.64. The van der Waals surface area contributed by atoms with Crippen LogP contribution in [0.25, 0.3) is 22.7 Å². The van der Waals surface area contributed by atoms with Crippen molar-refractivity contribution in [1.82, 2.24) is 29.3 Å². The van der Waals surface area contributed by atoms with Crippen molar-refractivity contribution >= 4 is 11.2 Å². The summed E-state index contributed by atoms with van der Waals surface area (Å²) in [6, 6.07) is 10.8. The smallest absolute Gasteiger partial charge is 0.177 e. The summed E-state index contributed by atoms with van der Waals surface area (Å²) in [5.74, 6) is 1.59. The number of aromatic amines is 1. The first-order valence-corrected chi connectivity index (χ1v) is 8.77. The van der Waals surface area contributed by atoms with Crippen LogP contribution in [0.15, 0.2) is 49.1 Å². The molecule has 1 fully saturated rings. The average molecular weight is 332 g/mol. The Hall–Kier alpha value is -2.89. The molecule has 0 bridgehead atoms. The number of fused-ring (bicyclic) bond motifs is 1. The maximum atomic E-state index is 4.83. The van der Waals surface area contributed by atoms with Crippen LogP contribution in [-0.2, 0) is 6.54 Å². The SMILES string of the molecule is C[C@@H](C1CC1)n1ncc2[nH]c(-c3cncn3Cc3ccccc3)nc21. The fraction of sp³-hybridized carbons (Fsp3) is 0.316. The number of imidazole rings is 2. The van der Waals surface area contributed by atoms with Gasteiger partial charge in [0.15, 0.2) is 11.5 Å². The van der Waals surface area contributed by atoms with Crippen molar-refractivity contribution in [2.24, 2.45) is 5.92 Å². The fourth-order valence-corrected chi connectivity index (χ4v) is 3.44. The number of benzene rings is 1. The summed E-state index contributed by atoms with van der Waals surface area (Å²) in [5.41, 5.74) is 4.15. The predicted molar refractivity (Wildman–Crippen MR) is 96.1 cm³/mol. The minimum absolute atomic E-state index is 0.405. The Morgan fingerprint density at radius 1 is 1.20 bits per heavy atom. The summed E-state index contributed by atoms with van der Waals surface area (Å²) >= 11 is 0. The number of nitrogens with zero attached hydrogens (tertiary/aromatic N) is 5. The van der Waals surface area contributed by atoms with Crippen molar-refractivity contribution in [3.8, 4) is 11.5 Å². The maximum Gasteiger partial charge on any atom is 0.177 e. The highest BCUT2D eigenvalue weighted by Crippen LogP contribution is 2.40. The highest BCUT2D eigenvalue weighted by Gasteiger charge is 2.31. The molecule has 3 heterocycles. The standard InChI is InChI=1S/C19H20N6/c1-13(15-7-8-15)25-19-16(9-21-25)22-18(23-19)17-10-20-12-24(17)11-14-5-3-2-4-6-14/h2-6,9-10,12-13,15H,7-8,11H2,1H3,(H,22,23)/t13-/m0/s1. The van der Waals surface area contributed by atoms with E-state index in [0.29, 0.717) is 6.04 Å². The fourth-order valence-electron chi connectivity index (χ4n) is 3.44. The number of H-pyrrole nitrogens is 1. The van der Waals surface area contributed by atoms with Gasteiger partial charge in [-0.3, -0.25) is 0 Å². The van der Waals surface area contributed by atoms with Crippen LogP contribution in [0.1, 0.15) is 31.4 Å². The zero-order valence-electron chi connectivity index (χ0n) is 14.1. The van der Waals surface area contributed by atoms with Crippen LogP contribution in [-0.4, -0.2) is 29.3 Å². The molecular weight excluding hydrogens is 312 g/mol. The van der Waals surface area contributed by atoms with E-state index in [1.807, 2.05) is 24.8 Å². The molecule has 126 valence electrons. The molecule has 6 heteroatoms. The van der Waals surface area contributed by atoms with Gasteiger partial charge in [-0.15, -0.1) is 0 Å². The Labute approximate surface area is 145 Å². The largest absolute Gasteiger partial charge is 0.334 e. The van der Waals surface area contributed by atoms with E-state index < -0.39 is 0 Å². The second kappa shape index (κ2) is 5.58. The third-order valence-corrected chi connectivity index (χ3v) is 5.08. The van der Waals surface area contributed by atoms with Crippen LogP contribution in [0.5, 0.6) is 0 Å². The molecule has 0 spiro atoms. The van der Waals surface area contributed by atoms with Gasteiger partial charge in [0.1, 0.15) is 11.2 Å². The van der Waals surface area contributed by atoms with Gasteiger partial charge in [-0.05, 0) is 31.2 Å². The molecule has 1 atom stereocenters. The Morgan fingerprint density at radius 2 is 2.04 bits per heavy atom. The quantitative estimate of drug-likeness (QED) is 0.607. The molecule has 0 unspecified atom stereocenters. The molecule has 3 aromatic heterocycles. The van der Waals surface area contributed by atoms with E-state index in [1.54, 1.807) is 0 Å². The Bertz CT molecular complexity index is 1010. The average Bonchev–Trinajstić information content (AvgIpc) is 3.05. The molecule has 1 aromatic carbocycles. The van der Waals surface area contributed by atoms with Gasteiger partial charge in [-0.25, -0.2) is 14.6 Å². The van der Waals surface area contributed by atoms with Gasteiger partial charge >= 0.3 is 0 Å². The third-order valence-electron chi connectivity index (χ3n) is 5.08.